The van der Waals surface area contributed by atoms with Gasteiger partial charge >= 0.3 is 0 Å². The smallest absolute Gasteiger partial charge is 0.0107 e. The topological polar surface area (TPSA) is 15.3 Å². The lowest BCUT2D eigenvalue weighted by Gasteiger charge is -2.16. The fourth-order valence-electron chi connectivity index (χ4n) is 2.39. The molecule has 2 aliphatic rings. The molecular formula is C12H22N2. The van der Waals surface area contributed by atoms with E-state index in [0.717, 1.165) is 5.92 Å². The summed E-state index contributed by atoms with van der Waals surface area (Å²) in [7, 11) is 0. The number of likely N-dealkylation sites (tertiary alicyclic amines) is 1. The number of hydrogen-bond donors (Lipinski definition) is 1. The first-order valence-corrected chi connectivity index (χ1v) is 6.03. The van der Waals surface area contributed by atoms with Crippen LogP contribution in [0.5, 0.6) is 0 Å². The zero-order valence-electron chi connectivity index (χ0n) is 9.04. The molecule has 1 aliphatic heterocycles. The molecule has 2 rings (SSSR count). The third kappa shape index (κ3) is 3.10. The van der Waals surface area contributed by atoms with Crippen molar-refractivity contribution < 1.29 is 0 Å². The Bertz CT molecular complexity index is 171. The van der Waals surface area contributed by atoms with Gasteiger partial charge in [-0.05, 0) is 51.2 Å². The number of hydrogen-bond acceptors (Lipinski definition) is 2. The predicted molar refractivity (Wildman–Crippen MR) is 60.4 cm³/mol. The van der Waals surface area contributed by atoms with Crippen molar-refractivity contribution in [2.75, 3.05) is 32.7 Å². The molecule has 0 aromatic rings. The summed E-state index contributed by atoms with van der Waals surface area (Å²) in [5.74, 6) is 0.883. The van der Waals surface area contributed by atoms with E-state index >= 15 is 0 Å². The summed E-state index contributed by atoms with van der Waals surface area (Å²) >= 11 is 0. The largest absolute Gasteiger partial charge is 0.315 e. The van der Waals surface area contributed by atoms with Gasteiger partial charge in [-0.1, -0.05) is 12.2 Å². The van der Waals surface area contributed by atoms with Crippen LogP contribution >= 0.6 is 0 Å². The second kappa shape index (κ2) is 5.52. The predicted octanol–water partition coefficient (Wildman–Crippen LogP) is 1.64. The molecule has 0 atom stereocenters. The average molecular weight is 194 g/mol. The number of allylic oxidation sites excluding steroid dienone is 2. The molecule has 1 heterocycles. The number of nitrogens with zero attached hydrogens (tertiary/aromatic N) is 1. The quantitative estimate of drug-likeness (QED) is 0.529. The summed E-state index contributed by atoms with van der Waals surface area (Å²) < 4.78 is 0. The van der Waals surface area contributed by atoms with Crippen molar-refractivity contribution in [2.45, 2.75) is 25.7 Å². The van der Waals surface area contributed by atoms with Gasteiger partial charge in [-0.15, -0.1) is 0 Å². The Morgan fingerprint density at radius 3 is 2.57 bits per heavy atom. The van der Waals surface area contributed by atoms with Gasteiger partial charge in [0.2, 0.25) is 0 Å². The van der Waals surface area contributed by atoms with Crippen molar-refractivity contribution in [1.29, 1.82) is 0 Å². The van der Waals surface area contributed by atoms with Crippen LogP contribution in [0.2, 0.25) is 0 Å². The van der Waals surface area contributed by atoms with E-state index in [4.69, 9.17) is 0 Å². The van der Waals surface area contributed by atoms with Crippen molar-refractivity contribution in [2.24, 2.45) is 5.92 Å². The van der Waals surface area contributed by atoms with Crippen LogP contribution in [-0.2, 0) is 0 Å². The highest BCUT2D eigenvalue weighted by Crippen LogP contribution is 2.16. The van der Waals surface area contributed by atoms with E-state index in [9.17, 15) is 0 Å². The summed E-state index contributed by atoms with van der Waals surface area (Å²) in [6.07, 6.45) is 10.0. The van der Waals surface area contributed by atoms with Crippen molar-refractivity contribution in [3.05, 3.63) is 12.2 Å². The zero-order chi connectivity index (χ0) is 9.64. The lowest BCUT2D eigenvalue weighted by molar-refractivity contribution is 0.331. The van der Waals surface area contributed by atoms with E-state index in [1.165, 1.54) is 58.4 Å². The molecule has 0 amide bonds. The van der Waals surface area contributed by atoms with E-state index in [1.54, 1.807) is 0 Å². The van der Waals surface area contributed by atoms with Crippen LogP contribution in [0.4, 0.5) is 0 Å². The van der Waals surface area contributed by atoms with Gasteiger partial charge in [0.25, 0.3) is 0 Å². The molecule has 0 bridgehead atoms. The third-order valence-electron chi connectivity index (χ3n) is 3.34. The molecule has 1 saturated heterocycles. The first-order valence-electron chi connectivity index (χ1n) is 6.03. The Labute approximate surface area is 87.4 Å². The standard InChI is InChI=1S/C12H22N2/c1-2-6-12(5-1)11-13-7-10-14-8-3-4-9-14/h1-2,12-13H,3-11H2. The molecule has 0 spiro atoms. The molecule has 2 nitrogen and oxygen atoms in total. The SMILES string of the molecule is C1=CCC(CNCCN2CCCC2)C1. The van der Waals surface area contributed by atoms with Gasteiger partial charge < -0.3 is 10.2 Å². The van der Waals surface area contributed by atoms with E-state index in [-0.39, 0.29) is 0 Å². The van der Waals surface area contributed by atoms with Crippen LogP contribution in [-0.4, -0.2) is 37.6 Å². The molecule has 0 unspecified atom stereocenters. The van der Waals surface area contributed by atoms with Gasteiger partial charge in [0, 0.05) is 13.1 Å². The fraction of sp³-hybridized carbons (Fsp3) is 0.833. The van der Waals surface area contributed by atoms with Crippen molar-refractivity contribution in [3.63, 3.8) is 0 Å². The maximum atomic E-state index is 3.57. The first kappa shape index (κ1) is 10.2. The average Bonchev–Trinajstić information content (AvgIpc) is 2.86. The van der Waals surface area contributed by atoms with Crippen molar-refractivity contribution in [3.8, 4) is 0 Å². The molecule has 0 aromatic carbocycles. The van der Waals surface area contributed by atoms with Gasteiger partial charge in [0.15, 0.2) is 0 Å². The second-order valence-electron chi connectivity index (χ2n) is 4.56. The monoisotopic (exact) mass is 194 g/mol. The zero-order valence-corrected chi connectivity index (χ0v) is 9.04. The Hall–Kier alpha value is -0.340. The van der Waals surface area contributed by atoms with Gasteiger partial charge in [-0.25, -0.2) is 0 Å². The number of rotatable bonds is 5. The summed E-state index contributed by atoms with van der Waals surface area (Å²) in [6, 6.07) is 0. The second-order valence-corrected chi connectivity index (χ2v) is 4.56. The van der Waals surface area contributed by atoms with E-state index in [0.29, 0.717) is 0 Å². The summed E-state index contributed by atoms with van der Waals surface area (Å²) in [6.45, 7) is 6.29. The van der Waals surface area contributed by atoms with E-state index in [1.807, 2.05) is 0 Å². The molecule has 1 N–H and O–H groups in total. The molecule has 0 radical (unpaired) electrons. The van der Waals surface area contributed by atoms with Gasteiger partial charge in [0.1, 0.15) is 0 Å². The highest BCUT2D eigenvalue weighted by molar-refractivity contribution is 4.94. The van der Waals surface area contributed by atoms with Crippen LogP contribution in [0.25, 0.3) is 0 Å². The highest BCUT2D eigenvalue weighted by Gasteiger charge is 2.11. The molecule has 0 aromatic heterocycles. The third-order valence-corrected chi connectivity index (χ3v) is 3.34. The molecule has 80 valence electrons. The fourth-order valence-corrected chi connectivity index (χ4v) is 2.39. The Kier molecular flexibility index (Phi) is 4.02. The van der Waals surface area contributed by atoms with Crippen molar-refractivity contribution in [1.82, 2.24) is 10.2 Å². The lowest BCUT2D eigenvalue weighted by Crippen LogP contribution is -2.32. The summed E-state index contributed by atoms with van der Waals surface area (Å²) in [5.41, 5.74) is 0. The minimum Gasteiger partial charge on any atom is -0.315 e. The maximum Gasteiger partial charge on any atom is 0.0107 e. The minimum atomic E-state index is 0.883. The first-order chi connectivity index (χ1) is 6.95. The van der Waals surface area contributed by atoms with Gasteiger partial charge in [-0.3, -0.25) is 0 Å². The van der Waals surface area contributed by atoms with Crippen LogP contribution in [0.3, 0.4) is 0 Å². The molecular weight excluding hydrogens is 172 g/mol. The normalized spacial score (nSPS) is 23.7. The Morgan fingerprint density at radius 2 is 1.86 bits per heavy atom. The van der Waals surface area contributed by atoms with Gasteiger partial charge in [-0.2, -0.15) is 0 Å². The Balaban J connectivity index is 1.46. The molecule has 1 fully saturated rings. The van der Waals surface area contributed by atoms with E-state index in [2.05, 4.69) is 22.4 Å². The molecule has 1 aliphatic carbocycles. The summed E-state index contributed by atoms with van der Waals surface area (Å²) in [5, 5.41) is 3.57. The molecule has 2 heteroatoms. The van der Waals surface area contributed by atoms with E-state index < -0.39 is 0 Å². The molecule has 14 heavy (non-hydrogen) atoms. The number of nitrogens with one attached hydrogen (secondary N) is 1. The summed E-state index contributed by atoms with van der Waals surface area (Å²) in [4.78, 5) is 2.57. The van der Waals surface area contributed by atoms with Crippen LogP contribution < -0.4 is 5.32 Å². The molecule has 0 saturated carbocycles. The maximum absolute atomic E-state index is 3.57. The highest BCUT2D eigenvalue weighted by atomic mass is 15.1. The van der Waals surface area contributed by atoms with Crippen LogP contribution in [0, 0.1) is 5.92 Å². The van der Waals surface area contributed by atoms with Crippen LogP contribution in [0.15, 0.2) is 12.2 Å². The van der Waals surface area contributed by atoms with Crippen LogP contribution in [0.1, 0.15) is 25.7 Å². The Morgan fingerprint density at radius 1 is 1.14 bits per heavy atom. The lowest BCUT2D eigenvalue weighted by atomic mass is 10.1. The van der Waals surface area contributed by atoms with Gasteiger partial charge in [0.05, 0.1) is 0 Å². The van der Waals surface area contributed by atoms with Crippen molar-refractivity contribution >= 4 is 0 Å². The minimum absolute atomic E-state index is 0.883.